The molecule has 0 aromatic heterocycles. The molecule has 1 aromatic rings. The predicted octanol–water partition coefficient (Wildman–Crippen LogP) is 1.98. The van der Waals surface area contributed by atoms with E-state index in [9.17, 15) is 14.4 Å². The van der Waals surface area contributed by atoms with Crippen molar-refractivity contribution < 1.29 is 28.6 Å². The fourth-order valence-electron chi connectivity index (χ4n) is 3.81. The van der Waals surface area contributed by atoms with Gasteiger partial charge in [0.1, 0.15) is 11.5 Å². The highest BCUT2D eigenvalue weighted by molar-refractivity contribution is 5.95. The number of esters is 1. The normalized spacial score (nSPS) is 19.6. The molecule has 1 aromatic carbocycles. The van der Waals surface area contributed by atoms with Crippen LogP contribution in [0.1, 0.15) is 32.1 Å². The highest BCUT2D eigenvalue weighted by atomic mass is 16.5. The Labute approximate surface area is 164 Å². The van der Waals surface area contributed by atoms with Crippen LogP contribution < -0.4 is 14.8 Å². The molecule has 2 fully saturated rings. The second kappa shape index (κ2) is 8.95. The van der Waals surface area contributed by atoms with E-state index < -0.39 is 24.4 Å². The maximum Gasteiger partial charge on any atom is 0.311 e. The number of nitrogens with zero attached hydrogens (tertiary/aromatic N) is 1. The molecule has 1 aliphatic heterocycles. The molecule has 8 heteroatoms. The molecule has 0 radical (unpaired) electrons. The lowest BCUT2D eigenvalue weighted by Gasteiger charge is -2.23. The van der Waals surface area contributed by atoms with Gasteiger partial charge in [0, 0.05) is 25.1 Å². The van der Waals surface area contributed by atoms with Crippen molar-refractivity contribution in [2.75, 3.05) is 32.7 Å². The Hall–Kier alpha value is -2.77. The highest BCUT2D eigenvalue weighted by Gasteiger charge is 2.39. The van der Waals surface area contributed by atoms with Crippen LogP contribution in [0.2, 0.25) is 0 Å². The van der Waals surface area contributed by atoms with Crippen LogP contribution in [0.3, 0.4) is 0 Å². The fraction of sp³-hybridized carbons (Fsp3) is 0.550. The second-order valence-corrected chi connectivity index (χ2v) is 7.11. The van der Waals surface area contributed by atoms with Crippen LogP contribution in [0, 0.1) is 5.92 Å². The first-order valence-corrected chi connectivity index (χ1v) is 9.49. The smallest absolute Gasteiger partial charge is 0.311 e. The van der Waals surface area contributed by atoms with Gasteiger partial charge in [-0.2, -0.15) is 0 Å². The third kappa shape index (κ3) is 4.55. The SMILES string of the molecule is COc1ccc(OC)c(NC(=O)COC(=O)[C@H]2CC(=O)N(C3CCCC3)C2)c1. The lowest BCUT2D eigenvalue weighted by Crippen LogP contribution is -2.35. The molecule has 3 rings (SSSR count). The van der Waals surface area contributed by atoms with Crippen molar-refractivity contribution in [1.29, 1.82) is 0 Å². The fourth-order valence-corrected chi connectivity index (χ4v) is 3.81. The number of methoxy groups -OCH3 is 2. The van der Waals surface area contributed by atoms with E-state index in [4.69, 9.17) is 14.2 Å². The van der Waals surface area contributed by atoms with E-state index in [0.29, 0.717) is 23.7 Å². The summed E-state index contributed by atoms with van der Waals surface area (Å²) in [5.74, 6) is -0.483. The first-order chi connectivity index (χ1) is 13.5. The lowest BCUT2D eigenvalue weighted by atomic mass is 10.1. The minimum absolute atomic E-state index is 0.000538. The molecule has 1 saturated heterocycles. The number of hydrogen-bond acceptors (Lipinski definition) is 6. The van der Waals surface area contributed by atoms with Crippen LogP contribution in [0.4, 0.5) is 5.69 Å². The lowest BCUT2D eigenvalue weighted by molar-refractivity contribution is -0.151. The van der Waals surface area contributed by atoms with E-state index in [2.05, 4.69) is 5.32 Å². The summed E-state index contributed by atoms with van der Waals surface area (Å²) in [6.07, 6.45) is 4.39. The van der Waals surface area contributed by atoms with Crippen LogP contribution in [0.15, 0.2) is 18.2 Å². The Morgan fingerprint density at radius 2 is 1.93 bits per heavy atom. The van der Waals surface area contributed by atoms with Gasteiger partial charge in [-0.05, 0) is 25.0 Å². The number of benzene rings is 1. The Kier molecular flexibility index (Phi) is 6.38. The zero-order valence-corrected chi connectivity index (χ0v) is 16.2. The van der Waals surface area contributed by atoms with Gasteiger partial charge in [-0.15, -0.1) is 0 Å². The molecule has 1 saturated carbocycles. The molecule has 0 bridgehead atoms. The van der Waals surface area contributed by atoms with Gasteiger partial charge < -0.3 is 24.4 Å². The number of carbonyl (C=O) groups excluding carboxylic acids is 3. The molecule has 1 aliphatic carbocycles. The molecule has 152 valence electrons. The first kappa shape index (κ1) is 20.0. The van der Waals surface area contributed by atoms with Gasteiger partial charge in [-0.3, -0.25) is 14.4 Å². The number of hydrogen-bond donors (Lipinski definition) is 1. The van der Waals surface area contributed by atoms with Crippen molar-refractivity contribution >= 4 is 23.5 Å². The van der Waals surface area contributed by atoms with Crippen LogP contribution in [0.25, 0.3) is 0 Å². The largest absolute Gasteiger partial charge is 0.497 e. The average Bonchev–Trinajstić information content (AvgIpc) is 3.35. The molecule has 28 heavy (non-hydrogen) atoms. The van der Waals surface area contributed by atoms with Crippen LogP contribution in [-0.2, 0) is 19.1 Å². The monoisotopic (exact) mass is 390 g/mol. The summed E-state index contributed by atoms with van der Waals surface area (Å²) in [5.41, 5.74) is 0.423. The van der Waals surface area contributed by atoms with Crippen molar-refractivity contribution in [3.8, 4) is 11.5 Å². The molecule has 1 atom stereocenters. The van der Waals surface area contributed by atoms with Gasteiger partial charge in [0.2, 0.25) is 5.91 Å². The number of anilines is 1. The number of nitrogens with one attached hydrogen (secondary N) is 1. The van der Waals surface area contributed by atoms with Crippen LogP contribution >= 0.6 is 0 Å². The van der Waals surface area contributed by atoms with E-state index in [1.54, 1.807) is 23.1 Å². The van der Waals surface area contributed by atoms with E-state index >= 15 is 0 Å². The van der Waals surface area contributed by atoms with Crippen LogP contribution in [0.5, 0.6) is 11.5 Å². The zero-order valence-electron chi connectivity index (χ0n) is 16.2. The van der Waals surface area contributed by atoms with E-state index in [1.807, 2.05) is 0 Å². The van der Waals surface area contributed by atoms with Gasteiger partial charge in [0.05, 0.1) is 25.8 Å². The summed E-state index contributed by atoms with van der Waals surface area (Å²) in [5, 5.41) is 2.65. The standard InChI is InChI=1S/C20H26N2O6/c1-26-15-7-8-17(27-2)16(10-15)21-18(23)12-28-20(25)13-9-19(24)22(11-13)14-5-3-4-6-14/h7-8,10,13-14H,3-6,9,11-12H2,1-2H3,(H,21,23)/t13-/m0/s1. The Bertz CT molecular complexity index is 744. The summed E-state index contributed by atoms with van der Waals surface area (Å²) < 4.78 is 15.5. The quantitative estimate of drug-likeness (QED) is 0.716. The summed E-state index contributed by atoms with van der Waals surface area (Å²) in [4.78, 5) is 38.5. The Balaban J connectivity index is 1.51. The molecule has 0 unspecified atom stereocenters. The van der Waals surface area contributed by atoms with E-state index in [0.717, 1.165) is 25.7 Å². The summed E-state index contributed by atoms with van der Waals surface area (Å²) in [7, 11) is 3.01. The third-order valence-electron chi connectivity index (χ3n) is 5.28. The van der Waals surface area contributed by atoms with Crippen molar-refractivity contribution in [3.05, 3.63) is 18.2 Å². The maximum atomic E-state index is 12.3. The Morgan fingerprint density at radius 1 is 1.18 bits per heavy atom. The molecule has 1 N–H and O–H groups in total. The second-order valence-electron chi connectivity index (χ2n) is 7.11. The van der Waals surface area contributed by atoms with Gasteiger partial charge in [0.15, 0.2) is 6.61 Å². The number of rotatable bonds is 7. The van der Waals surface area contributed by atoms with Crippen molar-refractivity contribution in [2.24, 2.45) is 5.92 Å². The van der Waals surface area contributed by atoms with E-state index in [1.165, 1.54) is 14.2 Å². The molecule has 2 aliphatic rings. The maximum absolute atomic E-state index is 12.3. The topological polar surface area (TPSA) is 94.2 Å². The van der Waals surface area contributed by atoms with Gasteiger partial charge in [-0.1, -0.05) is 12.8 Å². The third-order valence-corrected chi connectivity index (χ3v) is 5.28. The summed E-state index contributed by atoms with van der Waals surface area (Å²) in [6, 6.07) is 5.24. The van der Waals surface area contributed by atoms with Gasteiger partial charge in [0.25, 0.3) is 5.91 Å². The van der Waals surface area contributed by atoms with Crippen LogP contribution in [-0.4, -0.2) is 56.1 Å². The number of carbonyl (C=O) groups is 3. The zero-order chi connectivity index (χ0) is 20.1. The number of likely N-dealkylation sites (tertiary alicyclic amines) is 1. The first-order valence-electron chi connectivity index (χ1n) is 9.49. The highest BCUT2D eigenvalue weighted by Crippen LogP contribution is 2.30. The summed E-state index contributed by atoms with van der Waals surface area (Å²) in [6.45, 7) is -0.0407. The molecule has 2 amide bonds. The molecule has 0 spiro atoms. The molecule has 8 nitrogen and oxygen atoms in total. The van der Waals surface area contributed by atoms with Gasteiger partial charge >= 0.3 is 5.97 Å². The van der Waals surface area contributed by atoms with Crippen molar-refractivity contribution in [1.82, 2.24) is 4.90 Å². The Morgan fingerprint density at radius 3 is 2.61 bits per heavy atom. The van der Waals surface area contributed by atoms with Crippen molar-refractivity contribution in [2.45, 2.75) is 38.1 Å². The van der Waals surface area contributed by atoms with Crippen molar-refractivity contribution in [3.63, 3.8) is 0 Å². The predicted molar refractivity (Wildman–Crippen MR) is 101 cm³/mol. The molecular formula is C20H26N2O6. The summed E-state index contributed by atoms with van der Waals surface area (Å²) >= 11 is 0. The minimum Gasteiger partial charge on any atom is -0.497 e. The molecular weight excluding hydrogens is 364 g/mol. The number of ether oxygens (including phenoxy) is 3. The molecule has 1 heterocycles. The minimum atomic E-state index is -0.512. The van der Waals surface area contributed by atoms with E-state index in [-0.39, 0.29) is 18.4 Å². The van der Waals surface area contributed by atoms with Gasteiger partial charge in [-0.25, -0.2) is 0 Å². The number of amides is 2. The average molecular weight is 390 g/mol.